The average Bonchev–Trinajstić information content (AvgIpc) is 2.71. The Hall–Kier alpha value is -1.67. The summed E-state index contributed by atoms with van der Waals surface area (Å²) < 4.78 is 0. The van der Waals surface area contributed by atoms with Crippen molar-refractivity contribution in [3.05, 3.63) is 18.7 Å². The van der Waals surface area contributed by atoms with Gasteiger partial charge in [-0.05, 0) is 11.8 Å². The highest BCUT2D eigenvalue weighted by Gasteiger charge is 2.02. The van der Waals surface area contributed by atoms with Crippen molar-refractivity contribution in [2.75, 3.05) is 5.43 Å². The van der Waals surface area contributed by atoms with E-state index in [4.69, 9.17) is 5.84 Å². The van der Waals surface area contributed by atoms with Gasteiger partial charge < -0.3 is 5.43 Å². The first-order valence-corrected chi connectivity index (χ1v) is 4.52. The summed E-state index contributed by atoms with van der Waals surface area (Å²) in [6.07, 6.45) is 4.58. The van der Waals surface area contributed by atoms with Gasteiger partial charge in [0.2, 0.25) is 0 Å². The monoisotopic (exact) mass is 209 g/mol. The number of hydrogen-bond acceptors (Lipinski definition) is 7. The van der Waals surface area contributed by atoms with E-state index in [1.165, 1.54) is 24.3 Å². The van der Waals surface area contributed by atoms with E-state index in [9.17, 15) is 0 Å². The topological polar surface area (TPSA) is 105 Å². The summed E-state index contributed by atoms with van der Waals surface area (Å²) in [6.45, 7) is 0. The molecule has 0 fully saturated rings. The Kier molecular flexibility index (Phi) is 2.56. The van der Waals surface area contributed by atoms with Gasteiger partial charge in [-0.3, -0.25) is 10.1 Å². The van der Waals surface area contributed by atoms with Crippen LogP contribution in [0.1, 0.15) is 0 Å². The maximum Gasteiger partial charge on any atom is 0.189 e. The lowest BCUT2D eigenvalue weighted by atomic mass is 10.7. The van der Waals surface area contributed by atoms with Crippen LogP contribution in [0.4, 0.5) is 5.82 Å². The van der Waals surface area contributed by atoms with E-state index in [1.54, 1.807) is 6.20 Å². The molecule has 8 heteroatoms. The van der Waals surface area contributed by atoms with Gasteiger partial charge in [0, 0.05) is 0 Å². The lowest BCUT2D eigenvalue weighted by molar-refractivity contribution is 0.961. The van der Waals surface area contributed by atoms with E-state index >= 15 is 0 Å². The molecule has 0 unspecified atom stereocenters. The van der Waals surface area contributed by atoms with Crippen LogP contribution in [-0.4, -0.2) is 25.1 Å². The average molecular weight is 209 g/mol. The number of aromatic nitrogens is 5. The molecule has 2 rings (SSSR count). The Morgan fingerprint density at radius 2 is 2.36 bits per heavy atom. The van der Waals surface area contributed by atoms with E-state index in [2.05, 4.69) is 30.6 Å². The Labute approximate surface area is 83.5 Å². The summed E-state index contributed by atoms with van der Waals surface area (Å²) in [4.78, 5) is 12.0. The molecule has 0 aromatic carbocycles. The van der Waals surface area contributed by atoms with Crippen molar-refractivity contribution < 1.29 is 0 Å². The van der Waals surface area contributed by atoms with Crippen LogP contribution in [0.2, 0.25) is 0 Å². The van der Waals surface area contributed by atoms with Gasteiger partial charge in [-0.25, -0.2) is 15.8 Å². The molecular weight excluding hydrogens is 202 g/mol. The smallest absolute Gasteiger partial charge is 0.189 e. The molecule has 0 aliphatic carbocycles. The fraction of sp³-hybridized carbons (Fsp3) is 0. The third kappa shape index (κ3) is 1.98. The lowest BCUT2D eigenvalue weighted by Crippen LogP contribution is -2.08. The van der Waals surface area contributed by atoms with Gasteiger partial charge in [0.15, 0.2) is 11.0 Å². The summed E-state index contributed by atoms with van der Waals surface area (Å²) in [6, 6.07) is 0. The van der Waals surface area contributed by atoms with Crippen LogP contribution in [-0.2, 0) is 0 Å². The van der Waals surface area contributed by atoms with Crippen molar-refractivity contribution in [2.45, 2.75) is 10.2 Å². The number of hydrogen-bond donors (Lipinski definition) is 3. The zero-order valence-electron chi connectivity index (χ0n) is 7.01. The van der Waals surface area contributed by atoms with Crippen molar-refractivity contribution >= 4 is 17.6 Å². The molecule has 0 saturated carbocycles. The van der Waals surface area contributed by atoms with Gasteiger partial charge in [-0.2, -0.15) is 5.10 Å². The van der Waals surface area contributed by atoms with Gasteiger partial charge in [-0.1, -0.05) is 0 Å². The standard InChI is InChI=1S/C6H7N7S/c7-12-4-1-8-2-5(11-4)14-6-9-3-10-13-6/h1-3H,7H2,(H,11,12)(H,9,10,13). The zero-order chi connectivity index (χ0) is 9.80. The predicted molar refractivity (Wildman–Crippen MR) is 50.3 cm³/mol. The molecule has 2 aromatic rings. The molecule has 14 heavy (non-hydrogen) atoms. The highest BCUT2D eigenvalue weighted by molar-refractivity contribution is 7.99. The molecule has 0 aliphatic heterocycles. The van der Waals surface area contributed by atoms with Crippen molar-refractivity contribution in [1.82, 2.24) is 25.1 Å². The number of rotatable bonds is 3. The largest absolute Gasteiger partial charge is 0.307 e. The van der Waals surface area contributed by atoms with Crippen LogP contribution in [0.5, 0.6) is 0 Å². The summed E-state index contributed by atoms with van der Waals surface area (Å²) in [7, 11) is 0. The van der Waals surface area contributed by atoms with Crippen molar-refractivity contribution in [2.24, 2.45) is 5.84 Å². The molecule has 0 radical (unpaired) electrons. The maximum atomic E-state index is 5.19. The van der Waals surface area contributed by atoms with E-state index in [1.807, 2.05) is 0 Å². The number of nitrogens with zero attached hydrogens (tertiary/aromatic N) is 4. The minimum absolute atomic E-state index is 0.509. The molecule has 72 valence electrons. The molecule has 0 bridgehead atoms. The predicted octanol–water partition coefficient (Wildman–Crippen LogP) is 0.0315. The SMILES string of the molecule is NNc1cncc(Sc2ncn[nH]2)n1. The Morgan fingerprint density at radius 1 is 1.43 bits per heavy atom. The highest BCUT2D eigenvalue weighted by Crippen LogP contribution is 2.21. The summed E-state index contributed by atoms with van der Waals surface area (Å²) in [5, 5.41) is 7.77. The van der Waals surface area contributed by atoms with E-state index in [-0.39, 0.29) is 0 Å². The summed E-state index contributed by atoms with van der Waals surface area (Å²) >= 11 is 1.33. The number of hydrazine groups is 1. The quantitative estimate of drug-likeness (QED) is 0.483. The van der Waals surface area contributed by atoms with Crippen molar-refractivity contribution in [3.63, 3.8) is 0 Å². The first-order chi connectivity index (χ1) is 6.88. The number of nitrogens with one attached hydrogen (secondary N) is 2. The number of nitrogen functional groups attached to an aromatic ring is 1. The normalized spacial score (nSPS) is 10.1. The fourth-order valence-electron chi connectivity index (χ4n) is 0.809. The van der Waals surface area contributed by atoms with Gasteiger partial charge in [0.25, 0.3) is 0 Å². The fourth-order valence-corrected chi connectivity index (χ4v) is 1.46. The number of aromatic amines is 1. The second kappa shape index (κ2) is 4.03. The van der Waals surface area contributed by atoms with Gasteiger partial charge >= 0.3 is 0 Å². The molecule has 0 saturated heterocycles. The number of anilines is 1. The van der Waals surface area contributed by atoms with Crippen LogP contribution in [0.25, 0.3) is 0 Å². The van der Waals surface area contributed by atoms with Crippen molar-refractivity contribution in [1.29, 1.82) is 0 Å². The third-order valence-electron chi connectivity index (χ3n) is 1.35. The number of H-pyrrole nitrogens is 1. The van der Waals surface area contributed by atoms with Crippen LogP contribution in [0.15, 0.2) is 28.9 Å². The summed E-state index contributed by atoms with van der Waals surface area (Å²) in [5.41, 5.74) is 2.41. The molecule has 2 aromatic heterocycles. The van der Waals surface area contributed by atoms with E-state index < -0.39 is 0 Å². The van der Waals surface area contributed by atoms with Crippen LogP contribution < -0.4 is 11.3 Å². The molecular formula is C6H7N7S. The van der Waals surface area contributed by atoms with Gasteiger partial charge in [0.05, 0.1) is 12.4 Å². The molecule has 4 N–H and O–H groups in total. The summed E-state index contributed by atoms with van der Waals surface area (Å²) in [5.74, 6) is 5.70. The minimum Gasteiger partial charge on any atom is -0.307 e. The Morgan fingerprint density at radius 3 is 3.07 bits per heavy atom. The first-order valence-electron chi connectivity index (χ1n) is 3.70. The second-order valence-corrected chi connectivity index (χ2v) is 3.29. The van der Waals surface area contributed by atoms with Crippen molar-refractivity contribution in [3.8, 4) is 0 Å². The zero-order valence-corrected chi connectivity index (χ0v) is 7.82. The lowest BCUT2D eigenvalue weighted by Gasteiger charge is -1.99. The molecule has 0 atom stereocenters. The maximum absolute atomic E-state index is 5.19. The minimum atomic E-state index is 0.509. The third-order valence-corrected chi connectivity index (χ3v) is 2.15. The van der Waals surface area contributed by atoms with Gasteiger partial charge in [-0.15, -0.1) is 0 Å². The van der Waals surface area contributed by atoms with Crippen LogP contribution in [0, 0.1) is 0 Å². The Bertz CT molecular complexity index is 400. The second-order valence-electron chi connectivity index (χ2n) is 2.28. The van der Waals surface area contributed by atoms with E-state index in [0.29, 0.717) is 16.0 Å². The molecule has 7 nitrogen and oxygen atoms in total. The molecule has 2 heterocycles. The first kappa shape index (κ1) is 8.91. The molecule has 0 aliphatic rings. The van der Waals surface area contributed by atoms with E-state index in [0.717, 1.165) is 0 Å². The molecule has 0 spiro atoms. The van der Waals surface area contributed by atoms with Gasteiger partial charge in [0.1, 0.15) is 11.4 Å². The highest BCUT2D eigenvalue weighted by atomic mass is 32.2. The number of nitrogens with two attached hydrogens (primary N) is 1. The Balaban J connectivity index is 2.17. The van der Waals surface area contributed by atoms with Crippen LogP contribution >= 0.6 is 11.8 Å². The molecule has 0 amide bonds. The van der Waals surface area contributed by atoms with Crippen LogP contribution in [0.3, 0.4) is 0 Å².